The molecule has 0 unspecified atom stereocenters. The summed E-state index contributed by atoms with van der Waals surface area (Å²) < 4.78 is 10.6. The molecule has 130 valence electrons. The SMILES string of the molecule is CN(CCCNC(=O)/C=C/c1ccc2c(c1)OCO2)c1ccccc1. The van der Waals surface area contributed by atoms with Crippen LogP contribution in [0.3, 0.4) is 0 Å². The van der Waals surface area contributed by atoms with Gasteiger partial charge in [0.2, 0.25) is 12.7 Å². The van der Waals surface area contributed by atoms with Crippen molar-refractivity contribution in [1.82, 2.24) is 5.32 Å². The first-order chi connectivity index (χ1) is 12.2. The maximum absolute atomic E-state index is 11.9. The van der Waals surface area contributed by atoms with Gasteiger partial charge >= 0.3 is 0 Å². The number of ether oxygens (including phenoxy) is 2. The van der Waals surface area contributed by atoms with Gasteiger partial charge in [-0.1, -0.05) is 24.3 Å². The second-order valence-electron chi connectivity index (χ2n) is 5.85. The molecule has 3 rings (SSSR count). The zero-order valence-electron chi connectivity index (χ0n) is 14.3. The van der Waals surface area contributed by atoms with Crippen LogP contribution in [0.2, 0.25) is 0 Å². The van der Waals surface area contributed by atoms with Crippen LogP contribution < -0.4 is 19.7 Å². The number of amides is 1. The Morgan fingerprint density at radius 1 is 1.16 bits per heavy atom. The predicted molar refractivity (Wildman–Crippen MR) is 98.9 cm³/mol. The van der Waals surface area contributed by atoms with Gasteiger partial charge in [0, 0.05) is 31.9 Å². The van der Waals surface area contributed by atoms with Crippen molar-refractivity contribution in [3.8, 4) is 11.5 Å². The van der Waals surface area contributed by atoms with Crippen LogP contribution in [-0.2, 0) is 4.79 Å². The third-order valence-corrected chi connectivity index (χ3v) is 3.99. The molecule has 0 aliphatic carbocycles. The van der Waals surface area contributed by atoms with Crippen LogP contribution >= 0.6 is 0 Å². The number of hydrogen-bond acceptors (Lipinski definition) is 4. The Morgan fingerprint density at radius 3 is 2.80 bits per heavy atom. The topological polar surface area (TPSA) is 50.8 Å². The van der Waals surface area contributed by atoms with Crippen LogP contribution in [0.5, 0.6) is 11.5 Å². The van der Waals surface area contributed by atoms with E-state index in [1.54, 1.807) is 12.2 Å². The molecule has 0 atom stereocenters. The van der Waals surface area contributed by atoms with Crippen LogP contribution in [0.4, 0.5) is 5.69 Å². The van der Waals surface area contributed by atoms with Gasteiger partial charge in [0.25, 0.3) is 0 Å². The molecular formula is C20H22N2O3. The predicted octanol–water partition coefficient (Wildman–Crippen LogP) is 3.07. The number of hydrogen-bond donors (Lipinski definition) is 1. The minimum atomic E-state index is -0.0972. The average molecular weight is 338 g/mol. The molecule has 0 aromatic heterocycles. The van der Waals surface area contributed by atoms with E-state index in [0.717, 1.165) is 24.3 Å². The van der Waals surface area contributed by atoms with Crippen molar-refractivity contribution in [2.75, 3.05) is 31.8 Å². The first-order valence-corrected chi connectivity index (χ1v) is 8.34. The van der Waals surface area contributed by atoms with Gasteiger partial charge in [-0.3, -0.25) is 4.79 Å². The quantitative estimate of drug-likeness (QED) is 0.623. The lowest BCUT2D eigenvalue weighted by Crippen LogP contribution is -2.26. The first kappa shape index (κ1) is 16.9. The Hall–Kier alpha value is -2.95. The number of carbonyl (C=O) groups excluding carboxylic acids is 1. The van der Waals surface area contributed by atoms with E-state index in [2.05, 4.69) is 29.4 Å². The van der Waals surface area contributed by atoms with E-state index < -0.39 is 0 Å². The largest absolute Gasteiger partial charge is 0.454 e. The number of para-hydroxylation sites is 1. The lowest BCUT2D eigenvalue weighted by Gasteiger charge is -2.19. The Bertz CT molecular complexity index is 744. The summed E-state index contributed by atoms with van der Waals surface area (Å²) in [6, 6.07) is 15.8. The molecule has 0 bridgehead atoms. The van der Waals surface area contributed by atoms with Gasteiger partial charge in [-0.2, -0.15) is 0 Å². The van der Waals surface area contributed by atoms with Gasteiger partial charge in [-0.15, -0.1) is 0 Å². The molecule has 2 aromatic rings. The third-order valence-electron chi connectivity index (χ3n) is 3.99. The van der Waals surface area contributed by atoms with Crippen LogP contribution in [0.15, 0.2) is 54.6 Å². The van der Waals surface area contributed by atoms with E-state index in [1.807, 2.05) is 36.4 Å². The summed E-state index contributed by atoms with van der Waals surface area (Å²) in [7, 11) is 2.05. The molecule has 1 heterocycles. The summed E-state index contributed by atoms with van der Waals surface area (Å²) in [5, 5.41) is 2.90. The highest BCUT2D eigenvalue weighted by Gasteiger charge is 2.12. The van der Waals surface area contributed by atoms with Gasteiger partial charge in [0.1, 0.15) is 0 Å². The number of anilines is 1. The molecule has 5 heteroatoms. The molecule has 25 heavy (non-hydrogen) atoms. The number of nitrogens with one attached hydrogen (secondary N) is 1. The number of fused-ring (bicyclic) bond motifs is 1. The zero-order chi connectivity index (χ0) is 17.5. The lowest BCUT2D eigenvalue weighted by atomic mass is 10.2. The number of nitrogens with zero attached hydrogens (tertiary/aromatic N) is 1. The van der Waals surface area contributed by atoms with Crippen molar-refractivity contribution in [2.24, 2.45) is 0 Å². The molecule has 0 spiro atoms. The molecule has 0 radical (unpaired) electrons. The molecule has 0 saturated carbocycles. The maximum Gasteiger partial charge on any atom is 0.244 e. The highest BCUT2D eigenvalue weighted by atomic mass is 16.7. The molecule has 1 N–H and O–H groups in total. The van der Waals surface area contributed by atoms with E-state index in [4.69, 9.17) is 9.47 Å². The smallest absolute Gasteiger partial charge is 0.244 e. The summed E-state index contributed by atoms with van der Waals surface area (Å²) in [4.78, 5) is 14.1. The fraction of sp³-hybridized carbons (Fsp3) is 0.250. The molecule has 5 nitrogen and oxygen atoms in total. The van der Waals surface area contributed by atoms with E-state index in [-0.39, 0.29) is 12.7 Å². The summed E-state index contributed by atoms with van der Waals surface area (Å²) in [6.45, 7) is 1.78. The van der Waals surface area contributed by atoms with Gasteiger partial charge in [-0.25, -0.2) is 0 Å². The third kappa shape index (κ3) is 4.76. The number of rotatable bonds is 7. The Morgan fingerprint density at radius 2 is 1.96 bits per heavy atom. The van der Waals surface area contributed by atoms with Crippen LogP contribution in [-0.4, -0.2) is 32.8 Å². The van der Waals surface area contributed by atoms with Crippen molar-refractivity contribution in [2.45, 2.75) is 6.42 Å². The highest BCUT2D eigenvalue weighted by Crippen LogP contribution is 2.32. The summed E-state index contributed by atoms with van der Waals surface area (Å²) in [5.74, 6) is 1.36. The van der Waals surface area contributed by atoms with E-state index >= 15 is 0 Å². The van der Waals surface area contributed by atoms with Crippen molar-refractivity contribution in [1.29, 1.82) is 0 Å². The number of benzene rings is 2. The Labute approximate surface area is 147 Å². The summed E-state index contributed by atoms with van der Waals surface area (Å²) >= 11 is 0. The van der Waals surface area contributed by atoms with Crippen LogP contribution in [0, 0.1) is 0 Å². The zero-order valence-corrected chi connectivity index (χ0v) is 14.3. The minimum Gasteiger partial charge on any atom is -0.454 e. The summed E-state index contributed by atoms with van der Waals surface area (Å²) in [6.07, 6.45) is 4.20. The number of carbonyl (C=O) groups is 1. The lowest BCUT2D eigenvalue weighted by molar-refractivity contribution is -0.116. The molecular weight excluding hydrogens is 316 g/mol. The molecule has 0 saturated heterocycles. The standard InChI is InChI=1S/C20H22N2O3/c1-22(17-6-3-2-4-7-17)13-5-12-21-20(23)11-9-16-8-10-18-19(14-16)25-15-24-18/h2-4,6-11,14H,5,12-13,15H2,1H3,(H,21,23)/b11-9+. The maximum atomic E-state index is 11.9. The molecule has 2 aromatic carbocycles. The summed E-state index contributed by atoms with van der Waals surface area (Å²) in [5.41, 5.74) is 2.08. The first-order valence-electron chi connectivity index (χ1n) is 8.34. The van der Waals surface area contributed by atoms with Gasteiger partial charge < -0.3 is 19.7 Å². The van der Waals surface area contributed by atoms with Crippen molar-refractivity contribution in [3.63, 3.8) is 0 Å². The monoisotopic (exact) mass is 338 g/mol. The molecule has 0 fully saturated rings. The second kappa shape index (κ2) is 8.24. The van der Waals surface area contributed by atoms with Crippen molar-refractivity contribution >= 4 is 17.7 Å². The van der Waals surface area contributed by atoms with E-state index in [9.17, 15) is 4.79 Å². The average Bonchev–Trinajstić information content (AvgIpc) is 3.12. The Balaban J connectivity index is 1.39. The fourth-order valence-electron chi connectivity index (χ4n) is 2.59. The van der Waals surface area contributed by atoms with Crippen LogP contribution in [0.25, 0.3) is 6.08 Å². The molecule has 1 aliphatic heterocycles. The van der Waals surface area contributed by atoms with E-state index in [0.29, 0.717) is 12.3 Å². The second-order valence-corrected chi connectivity index (χ2v) is 5.85. The molecule has 1 amide bonds. The van der Waals surface area contributed by atoms with Crippen molar-refractivity contribution in [3.05, 3.63) is 60.2 Å². The minimum absolute atomic E-state index is 0.0972. The van der Waals surface area contributed by atoms with Crippen LogP contribution in [0.1, 0.15) is 12.0 Å². The normalized spacial score (nSPS) is 12.4. The van der Waals surface area contributed by atoms with Gasteiger partial charge in [0.05, 0.1) is 0 Å². The van der Waals surface area contributed by atoms with Crippen molar-refractivity contribution < 1.29 is 14.3 Å². The molecule has 1 aliphatic rings. The van der Waals surface area contributed by atoms with E-state index in [1.165, 1.54) is 5.69 Å². The fourth-order valence-corrected chi connectivity index (χ4v) is 2.59. The van der Waals surface area contributed by atoms with Gasteiger partial charge in [0.15, 0.2) is 11.5 Å². The Kier molecular flexibility index (Phi) is 5.57. The van der Waals surface area contributed by atoms with Gasteiger partial charge in [-0.05, 0) is 42.3 Å². The highest BCUT2D eigenvalue weighted by molar-refractivity contribution is 5.91.